The van der Waals surface area contributed by atoms with Crippen LogP contribution in [0.1, 0.15) is 57.5 Å². The lowest BCUT2D eigenvalue weighted by Gasteiger charge is -2.22. The molecule has 8 nitrogen and oxygen atoms in total. The zero-order valence-corrected chi connectivity index (χ0v) is 25.9. The Morgan fingerprint density at radius 2 is 1.67 bits per heavy atom. The molecular weight excluding hydrogens is 645 g/mol. The minimum atomic E-state index is -3.78. The predicted molar refractivity (Wildman–Crippen MR) is 169 cm³/mol. The molecule has 2 heterocycles. The van der Waals surface area contributed by atoms with Crippen molar-refractivity contribution < 1.29 is 36.3 Å². The van der Waals surface area contributed by atoms with Crippen molar-refractivity contribution in [3.63, 3.8) is 0 Å². The van der Waals surface area contributed by atoms with Crippen LogP contribution in [0.4, 0.5) is 22.0 Å². The van der Waals surface area contributed by atoms with Gasteiger partial charge in [0.2, 0.25) is 5.91 Å². The van der Waals surface area contributed by atoms with Crippen molar-refractivity contribution in [2.75, 3.05) is 0 Å². The lowest BCUT2D eigenvalue weighted by atomic mass is 9.94. The third-order valence-corrected chi connectivity index (χ3v) is 8.22. The first kappa shape index (κ1) is 33.3. The normalized spacial score (nSPS) is 13.4. The van der Waals surface area contributed by atoms with E-state index in [2.05, 4.69) is 15.4 Å². The molecule has 3 N–H and O–H groups in total. The van der Waals surface area contributed by atoms with Gasteiger partial charge in [0.15, 0.2) is 5.69 Å². The molecule has 0 saturated carbocycles. The number of amides is 2. The van der Waals surface area contributed by atoms with Crippen LogP contribution in [0.3, 0.4) is 0 Å². The molecule has 13 heteroatoms. The molecule has 252 valence electrons. The zero-order valence-electron chi connectivity index (χ0n) is 25.9. The first-order valence-corrected chi connectivity index (χ1v) is 15.5. The third-order valence-electron chi connectivity index (χ3n) is 8.22. The highest BCUT2D eigenvalue weighted by atomic mass is 19.3. The minimum absolute atomic E-state index is 0.0451. The molecule has 0 bridgehead atoms. The van der Waals surface area contributed by atoms with Gasteiger partial charge in [-0.2, -0.15) is 13.9 Å². The van der Waals surface area contributed by atoms with E-state index in [0.717, 1.165) is 18.2 Å². The summed E-state index contributed by atoms with van der Waals surface area (Å²) in [6, 6.07) is 16.4. The molecule has 2 aromatic heterocycles. The second kappa shape index (κ2) is 13.9. The third kappa shape index (κ3) is 7.45. The molecule has 1 aliphatic carbocycles. The molecule has 2 amide bonds. The van der Waals surface area contributed by atoms with E-state index in [1.54, 1.807) is 30.3 Å². The van der Waals surface area contributed by atoms with Crippen molar-refractivity contribution in [3.05, 3.63) is 136 Å². The summed E-state index contributed by atoms with van der Waals surface area (Å²) in [6.45, 7) is -0.456. The number of halogens is 5. The average Bonchev–Trinajstić information content (AvgIpc) is 3.43. The first-order valence-electron chi connectivity index (χ1n) is 15.5. The highest BCUT2D eigenvalue weighted by Crippen LogP contribution is 2.37. The highest BCUT2D eigenvalue weighted by molar-refractivity contribution is 5.94. The molecule has 0 saturated heterocycles. The molecule has 49 heavy (non-hydrogen) atoms. The number of nitrogens with one attached hydrogen (secondary N) is 1. The summed E-state index contributed by atoms with van der Waals surface area (Å²) in [5.41, 5.74) is 6.37. The van der Waals surface area contributed by atoms with Gasteiger partial charge in [0, 0.05) is 29.1 Å². The standard InChI is InChI=1S/C36H30F5N5O3/c37-23-15-21(16-24(38)19-23)17-30(33-26(10-6-14-43-33)22-12-13-29(39)28(18-22)35(42)48)44-32(47)20-46-31-11-5-4-9-27(31)34(45-46)36(40,41)49-25-7-2-1-3-8-25/h1-3,6-8,10,12-16,18-19,30H,4-5,9,11,17,20H2,(H2,42,48)(H,44,47)/t30-/m0/s1. The summed E-state index contributed by atoms with van der Waals surface area (Å²) in [7, 11) is 0. The summed E-state index contributed by atoms with van der Waals surface area (Å²) in [6.07, 6.45) is -0.365. The quantitative estimate of drug-likeness (QED) is 0.154. The molecule has 0 fully saturated rings. The second-order valence-corrected chi connectivity index (χ2v) is 11.7. The molecule has 0 aliphatic heterocycles. The summed E-state index contributed by atoms with van der Waals surface area (Å²) in [5.74, 6) is -4.18. The van der Waals surface area contributed by atoms with E-state index in [1.807, 2.05) is 0 Å². The Kier molecular flexibility index (Phi) is 9.43. The number of benzene rings is 3. The van der Waals surface area contributed by atoms with Crippen molar-refractivity contribution in [1.82, 2.24) is 20.1 Å². The summed E-state index contributed by atoms with van der Waals surface area (Å²) in [4.78, 5) is 30.0. The summed E-state index contributed by atoms with van der Waals surface area (Å²) in [5, 5.41) is 7.00. The van der Waals surface area contributed by atoms with Crippen LogP contribution in [-0.2, 0) is 36.7 Å². The van der Waals surface area contributed by atoms with Gasteiger partial charge in [0.05, 0.1) is 17.3 Å². The number of primary amides is 1. The molecule has 6 rings (SSSR count). The van der Waals surface area contributed by atoms with E-state index in [-0.39, 0.29) is 29.0 Å². The second-order valence-electron chi connectivity index (χ2n) is 11.7. The summed E-state index contributed by atoms with van der Waals surface area (Å²) < 4.78 is 80.1. The van der Waals surface area contributed by atoms with E-state index >= 15 is 8.78 Å². The molecule has 3 aromatic carbocycles. The number of alkyl halides is 2. The Hall–Kier alpha value is -5.59. The lowest BCUT2D eigenvalue weighted by Crippen LogP contribution is -2.34. The number of aromatic nitrogens is 3. The molecule has 0 unspecified atom stereocenters. The number of para-hydroxylation sites is 1. The Labute approximate surface area is 277 Å². The summed E-state index contributed by atoms with van der Waals surface area (Å²) >= 11 is 0. The predicted octanol–water partition coefficient (Wildman–Crippen LogP) is 6.57. The van der Waals surface area contributed by atoms with E-state index in [4.69, 9.17) is 10.5 Å². The van der Waals surface area contributed by atoms with Crippen LogP contribution >= 0.6 is 0 Å². The Morgan fingerprint density at radius 1 is 0.939 bits per heavy atom. The SMILES string of the molecule is NC(=O)c1cc(-c2cccnc2[C@H](Cc2cc(F)cc(F)c2)NC(=O)Cn2nc(C(F)(F)Oc3ccccc3)c3c2CCCC3)ccc1F. The topological polar surface area (TPSA) is 112 Å². The number of carbonyl (C=O) groups excluding carboxylic acids is 2. The van der Waals surface area contributed by atoms with Crippen molar-refractivity contribution in [3.8, 4) is 16.9 Å². The number of hydrogen-bond donors (Lipinski definition) is 2. The van der Waals surface area contributed by atoms with Gasteiger partial charge in [0.1, 0.15) is 29.7 Å². The van der Waals surface area contributed by atoms with Crippen molar-refractivity contribution >= 4 is 11.8 Å². The number of nitrogens with zero attached hydrogens (tertiary/aromatic N) is 3. The van der Waals surface area contributed by atoms with Crippen LogP contribution in [0.5, 0.6) is 5.75 Å². The van der Waals surface area contributed by atoms with Crippen LogP contribution in [0.2, 0.25) is 0 Å². The number of hydrogen-bond acceptors (Lipinski definition) is 5. The van der Waals surface area contributed by atoms with Crippen molar-refractivity contribution in [1.29, 1.82) is 0 Å². The van der Waals surface area contributed by atoms with Crippen LogP contribution in [0.15, 0.2) is 85.1 Å². The number of rotatable bonds is 11. The van der Waals surface area contributed by atoms with Crippen molar-refractivity contribution in [2.24, 2.45) is 5.73 Å². The molecule has 1 aliphatic rings. The minimum Gasteiger partial charge on any atom is -0.428 e. The van der Waals surface area contributed by atoms with E-state index < -0.39 is 53.7 Å². The lowest BCUT2D eigenvalue weighted by molar-refractivity contribution is -0.189. The van der Waals surface area contributed by atoms with Gasteiger partial charge in [-0.3, -0.25) is 19.3 Å². The number of ether oxygens (including phenoxy) is 1. The maximum atomic E-state index is 15.5. The van der Waals surface area contributed by atoms with E-state index in [1.165, 1.54) is 35.1 Å². The van der Waals surface area contributed by atoms with Gasteiger partial charge < -0.3 is 15.8 Å². The number of nitrogens with two attached hydrogens (primary N) is 1. The van der Waals surface area contributed by atoms with Gasteiger partial charge in [-0.15, -0.1) is 0 Å². The average molecular weight is 676 g/mol. The smallest absolute Gasteiger partial charge is 0.428 e. The zero-order chi connectivity index (χ0) is 34.7. The van der Waals surface area contributed by atoms with Crippen LogP contribution in [0.25, 0.3) is 11.1 Å². The van der Waals surface area contributed by atoms with Crippen LogP contribution in [0, 0.1) is 17.5 Å². The number of pyridine rings is 1. The molecule has 0 radical (unpaired) electrons. The maximum Gasteiger partial charge on any atom is 0.446 e. The van der Waals surface area contributed by atoms with Gasteiger partial charge in [-0.05, 0) is 85.7 Å². The van der Waals surface area contributed by atoms with E-state index in [0.29, 0.717) is 54.1 Å². The molecule has 0 spiro atoms. The Morgan fingerprint density at radius 3 is 2.41 bits per heavy atom. The highest BCUT2D eigenvalue weighted by Gasteiger charge is 2.42. The Balaban J connectivity index is 1.34. The molecular formula is C36H30F5N5O3. The monoisotopic (exact) mass is 675 g/mol. The van der Waals surface area contributed by atoms with Crippen molar-refractivity contribution in [2.45, 2.75) is 50.8 Å². The fourth-order valence-corrected chi connectivity index (χ4v) is 6.10. The van der Waals surface area contributed by atoms with E-state index in [9.17, 15) is 22.8 Å². The number of carbonyl (C=O) groups is 2. The fraction of sp³-hybridized carbons (Fsp3) is 0.222. The van der Waals surface area contributed by atoms with Crippen LogP contribution in [-0.4, -0.2) is 26.6 Å². The largest absolute Gasteiger partial charge is 0.446 e. The molecule has 1 atom stereocenters. The van der Waals surface area contributed by atoms with Gasteiger partial charge >= 0.3 is 6.11 Å². The van der Waals surface area contributed by atoms with Crippen LogP contribution < -0.4 is 15.8 Å². The van der Waals surface area contributed by atoms with Gasteiger partial charge in [-0.25, -0.2) is 13.2 Å². The number of fused-ring (bicyclic) bond motifs is 1. The first-order chi connectivity index (χ1) is 23.5. The Bertz CT molecular complexity index is 2000. The van der Waals surface area contributed by atoms with Gasteiger partial charge in [0.25, 0.3) is 5.91 Å². The molecule has 5 aromatic rings. The fourth-order valence-electron chi connectivity index (χ4n) is 6.10. The van der Waals surface area contributed by atoms with Gasteiger partial charge in [-0.1, -0.05) is 30.3 Å². The maximum absolute atomic E-state index is 15.5.